The number of carbonyl (C=O) groups excluding carboxylic acids is 1. The monoisotopic (exact) mass is 367 g/mol. The Labute approximate surface area is 157 Å². The van der Waals surface area contributed by atoms with E-state index in [4.69, 9.17) is 9.47 Å². The Bertz CT molecular complexity index is 879. The standard InChI is InChI=1S/C19H21N5O3/c1-26-16-5-3-14(11-17(16)27-2)7-8-21-19(25)23-15-4-6-18(22-12-15)24-10-9-20-13-24/h3-6,9-13H,7-8H2,1-2H3,(H2,21,23,25). The number of hydrogen-bond acceptors (Lipinski definition) is 5. The van der Waals surface area contributed by atoms with Gasteiger partial charge in [-0.25, -0.2) is 14.8 Å². The van der Waals surface area contributed by atoms with Crippen molar-refractivity contribution in [1.29, 1.82) is 0 Å². The lowest BCUT2D eigenvalue weighted by Gasteiger charge is -2.11. The van der Waals surface area contributed by atoms with Gasteiger partial charge in [-0.3, -0.25) is 4.57 Å². The normalized spacial score (nSPS) is 10.3. The fraction of sp³-hybridized carbons (Fsp3) is 0.211. The van der Waals surface area contributed by atoms with Crippen molar-refractivity contribution in [3.63, 3.8) is 0 Å². The van der Waals surface area contributed by atoms with Crippen molar-refractivity contribution in [3.8, 4) is 17.3 Å². The molecule has 3 rings (SSSR count). The summed E-state index contributed by atoms with van der Waals surface area (Å²) in [4.78, 5) is 20.3. The number of anilines is 1. The number of urea groups is 1. The molecule has 2 aromatic heterocycles. The topological polar surface area (TPSA) is 90.3 Å². The molecule has 2 amide bonds. The predicted octanol–water partition coefficient (Wildman–Crippen LogP) is 2.65. The SMILES string of the molecule is COc1ccc(CCNC(=O)Nc2ccc(-n3ccnc3)nc2)cc1OC. The van der Waals surface area contributed by atoms with Crippen molar-refractivity contribution in [2.75, 3.05) is 26.1 Å². The first-order chi connectivity index (χ1) is 13.2. The van der Waals surface area contributed by atoms with E-state index < -0.39 is 0 Å². The third kappa shape index (κ3) is 4.75. The molecule has 0 radical (unpaired) electrons. The molecule has 27 heavy (non-hydrogen) atoms. The maximum atomic E-state index is 12.0. The smallest absolute Gasteiger partial charge is 0.319 e. The number of methoxy groups -OCH3 is 2. The molecule has 0 spiro atoms. The molecule has 3 aromatic rings. The molecule has 0 bridgehead atoms. The molecule has 8 nitrogen and oxygen atoms in total. The number of rotatable bonds is 7. The van der Waals surface area contributed by atoms with Crippen molar-refractivity contribution in [2.45, 2.75) is 6.42 Å². The van der Waals surface area contributed by atoms with Gasteiger partial charge in [0.05, 0.1) is 26.1 Å². The van der Waals surface area contributed by atoms with Crippen LogP contribution >= 0.6 is 0 Å². The Morgan fingerprint density at radius 1 is 1.15 bits per heavy atom. The molecule has 2 heterocycles. The van der Waals surface area contributed by atoms with E-state index in [0.29, 0.717) is 30.2 Å². The maximum absolute atomic E-state index is 12.0. The zero-order valence-corrected chi connectivity index (χ0v) is 15.2. The number of amides is 2. The van der Waals surface area contributed by atoms with Crippen LogP contribution in [-0.4, -0.2) is 41.3 Å². The van der Waals surface area contributed by atoms with Gasteiger partial charge in [-0.1, -0.05) is 6.07 Å². The average molecular weight is 367 g/mol. The molecular weight excluding hydrogens is 346 g/mol. The van der Waals surface area contributed by atoms with Crippen LogP contribution in [0.15, 0.2) is 55.2 Å². The maximum Gasteiger partial charge on any atom is 0.319 e. The zero-order chi connectivity index (χ0) is 19.1. The highest BCUT2D eigenvalue weighted by Gasteiger charge is 2.06. The van der Waals surface area contributed by atoms with Gasteiger partial charge in [-0.05, 0) is 36.2 Å². The summed E-state index contributed by atoms with van der Waals surface area (Å²) in [5.41, 5.74) is 1.65. The lowest BCUT2D eigenvalue weighted by atomic mass is 10.1. The molecule has 0 atom stereocenters. The number of carbonyl (C=O) groups is 1. The van der Waals surface area contributed by atoms with Crippen LogP contribution < -0.4 is 20.1 Å². The molecule has 140 valence electrons. The molecule has 0 fully saturated rings. The average Bonchev–Trinajstić information content (AvgIpc) is 3.23. The van der Waals surface area contributed by atoms with Crippen molar-refractivity contribution in [1.82, 2.24) is 19.9 Å². The van der Waals surface area contributed by atoms with Gasteiger partial charge in [-0.2, -0.15) is 0 Å². The molecular formula is C19H21N5O3. The van der Waals surface area contributed by atoms with E-state index in [2.05, 4.69) is 20.6 Å². The fourth-order valence-electron chi connectivity index (χ4n) is 2.54. The Hall–Kier alpha value is -3.55. The van der Waals surface area contributed by atoms with Crippen LogP contribution in [0, 0.1) is 0 Å². The highest BCUT2D eigenvalue weighted by Crippen LogP contribution is 2.27. The minimum absolute atomic E-state index is 0.285. The van der Waals surface area contributed by atoms with Gasteiger partial charge < -0.3 is 20.1 Å². The molecule has 8 heteroatoms. The lowest BCUT2D eigenvalue weighted by Crippen LogP contribution is -2.30. The Kier molecular flexibility index (Phi) is 5.88. The second-order valence-corrected chi connectivity index (χ2v) is 5.70. The summed E-state index contributed by atoms with van der Waals surface area (Å²) >= 11 is 0. The van der Waals surface area contributed by atoms with E-state index in [1.807, 2.05) is 18.2 Å². The summed E-state index contributed by atoms with van der Waals surface area (Å²) in [6, 6.07) is 9.00. The third-order valence-corrected chi connectivity index (χ3v) is 3.92. The summed E-state index contributed by atoms with van der Waals surface area (Å²) in [7, 11) is 3.19. The highest BCUT2D eigenvalue weighted by atomic mass is 16.5. The molecule has 0 unspecified atom stereocenters. The van der Waals surface area contributed by atoms with Gasteiger partial charge in [0.2, 0.25) is 0 Å². The Morgan fingerprint density at radius 3 is 2.67 bits per heavy atom. The van der Waals surface area contributed by atoms with Crippen molar-refractivity contribution in [2.24, 2.45) is 0 Å². The van der Waals surface area contributed by atoms with Crippen LogP contribution in [-0.2, 0) is 6.42 Å². The number of pyridine rings is 1. The number of benzene rings is 1. The van der Waals surface area contributed by atoms with Crippen LogP contribution in [0.3, 0.4) is 0 Å². The number of nitrogens with one attached hydrogen (secondary N) is 2. The summed E-state index contributed by atoms with van der Waals surface area (Å²) in [6.45, 7) is 0.488. The molecule has 1 aromatic carbocycles. The van der Waals surface area contributed by atoms with E-state index >= 15 is 0 Å². The fourth-order valence-corrected chi connectivity index (χ4v) is 2.54. The summed E-state index contributed by atoms with van der Waals surface area (Å²) in [5.74, 6) is 2.08. The molecule has 0 aliphatic carbocycles. The summed E-state index contributed by atoms with van der Waals surface area (Å²) < 4.78 is 12.3. The first kappa shape index (κ1) is 18.2. The van der Waals surface area contributed by atoms with Crippen LogP contribution in [0.4, 0.5) is 10.5 Å². The lowest BCUT2D eigenvalue weighted by molar-refractivity contribution is 0.252. The highest BCUT2D eigenvalue weighted by molar-refractivity contribution is 5.89. The first-order valence-electron chi connectivity index (χ1n) is 8.39. The van der Waals surface area contributed by atoms with Gasteiger partial charge in [0.25, 0.3) is 0 Å². The minimum atomic E-state index is -0.285. The van der Waals surface area contributed by atoms with Crippen molar-refractivity contribution >= 4 is 11.7 Å². The molecule has 0 aliphatic rings. The van der Waals surface area contributed by atoms with Crippen LogP contribution in [0.25, 0.3) is 5.82 Å². The number of nitrogens with zero attached hydrogens (tertiary/aromatic N) is 3. The van der Waals surface area contributed by atoms with Gasteiger partial charge in [0.1, 0.15) is 12.1 Å². The van der Waals surface area contributed by atoms with Gasteiger partial charge in [-0.15, -0.1) is 0 Å². The number of aromatic nitrogens is 3. The molecule has 0 aliphatic heterocycles. The largest absolute Gasteiger partial charge is 0.493 e. The van der Waals surface area contributed by atoms with E-state index in [0.717, 1.165) is 11.4 Å². The molecule has 2 N–H and O–H groups in total. The second kappa shape index (κ2) is 8.70. The van der Waals surface area contributed by atoms with Crippen LogP contribution in [0.5, 0.6) is 11.5 Å². The predicted molar refractivity (Wildman–Crippen MR) is 102 cm³/mol. The first-order valence-corrected chi connectivity index (χ1v) is 8.39. The van der Waals surface area contributed by atoms with Crippen molar-refractivity contribution < 1.29 is 14.3 Å². The van der Waals surface area contributed by atoms with Gasteiger partial charge in [0, 0.05) is 18.9 Å². The van der Waals surface area contributed by atoms with Crippen LogP contribution in [0.2, 0.25) is 0 Å². The summed E-state index contributed by atoms with van der Waals surface area (Å²) in [5, 5.41) is 5.58. The Morgan fingerprint density at radius 2 is 2.00 bits per heavy atom. The second-order valence-electron chi connectivity index (χ2n) is 5.70. The van der Waals surface area contributed by atoms with Gasteiger partial charge in [0.15, 0.2) is 11.5 Å². The summed E-state index contributed by atoms with van der Waals surface area (Å²) in [6.07, 6.45) is 7.42. The molecule has 0 saturated carbocycles. The zero-order valence-electron chi connectivity index (χ0n) is 15.2. The quantitative estimate of drug-likeness (QED) is 0.670. The van der Waals surface area contributed by atoms with Gasteiger partial charge >= 0.3 is 6.03 Å². The number of hydrogen-bond donors (Lipinski definition) is 2. The third-order valence-electron chi connectivity index (χ3n) is 3.92. The van der Waals surface area contributed by atoms with E-state index in [-0.39, 0.29) is 6.03 Å². The molecule has 0 saturated heterocycles. The van der Waals surface area contributed by atoms with Crippen LogP contribution in [0.1, 0.15) is 5.56 Å². The van der Waals surface area contributed by atoms with Crippen molar-refractivity contribution in [3.05, 3.63) is 60.8 Å². The Balaban J connectivity index is 1.48. The number of imidazole rings is 1. The number of ether oxygens (including phenoxy) is 2. The minimum Gasteiger partial charge on any atom is -0.493 e. The van der Waals surface area contributed by atoms with E-state index in [1.165, 1.54) is 0 Å². The van der Waals surface area contributed by atoms with E-state index in [1.54, 1.807) is 55.8 Å². The van der Waals surface area contributed by atoms with E-state index in [9.17, 15) is 4.79 Å².